The van der Waals surface area contributed by atoms with Gasteiger partial charge < -0.3 is 5.73 Å². The molecule has 16 heavy (non-hydrogen) atoms. The number of halogens is 2. The van der Waals surface area contributed by atoms with E-state index in [4.69, 9.17) is 28.9 Å². The fourth-order valence-corrected chi connectivity index (χ4v) is 2.01. The zero-order valence-electron chi connectivity index (χ0n) is 7.89. The molecule has 0 spiro atoms. The van der Waals surface area contributed by atoms with E-state index in [-0.39, 0.29) is 5.15 Å². The van der Waals surface area contributed by atoms with Gasteiger partial charge in [-0.1, -0.05) is 23.2 Å². The summed E-state index contributed by atoms with van der Waals surface area (Å²) < 4.78 is 0. The van der Waals surface area contributed by atoms with Gasteiger partial charge in [0.1, 0.15) is 22.1 Å². The molecule has 7 heteroatoms. The third-order valence-electron chi connectivity index (χ3n) is 1.70. The predicted octanol–water partition coefficient (Wildman–Crippen LogP) is 2.91. The van der Waals surface area contributed by atoms with Gasteiger partial charge in [-0.3, -0.25) is 0 Å². The fourth-order valence-electron chi connectivity index (χ4n) is 0.962. The van der Waals surface area contributed by atoms with E-state index in [1.807, 2.05) is 0 Å². The van der Waals surface area contributed by atoms with Gasteiger partial charge in [0.25, 0.3) is 0 Å². The zero-order valence-corrected chi connectivity index (χ0v) is 10.2. The second kappa shape index (κ2) is 4.86. The second-order valence-electron chi connectivity index (χ2n) is 2.80. The summed E-state index contributed by atoms with van der Waals surface area (Å²) in [6.45, 7) is 0. The summed E-state index contributed by atoms with van der Waals surface area (Å²) in [6, 6.07) is 3.53. The normalized spacial score (nSPS) is 10.4. The largest absolute Gasteiger partial charge is 0.394 e. The number of aromatic nitrogens is 3. The Kier molecular flexibility index (Phi) is 3.48. The van der Waals surface area contributed by atoms with Gasteiger partial charge in [-0.25, -0.2) is 15.0 Å². The van der Waals surface area contributed by atoms with Crippen LogP contribution in [0.4, 0.5) is 5.69 Å². The first-order chi connectivity index (χ1) is 7.66. The van der Waals surface area contributed by atoms with Crippen LogP contribution in [0.1, 0.15) is 0 Å². The highest BCUT2D eigenvalue weighted by Gasteiger charge is 2.08. The van der Waals surface area contributed by atoms with Gasteiger partial charge in [-0.05, 0) is 23.9 Å². The van der Waals surface area contributed by atoms with Gasteiger partial charge in [0.05, 0.1) is 5.02 Å². The van der Waals surface area contributed by atoms with Crippen LogP contribution in [0.2, 0.25) is 10.2 Å². The van der Waals surface area contributed by atoms with Crippen molar-refractivity contribution < 1.29 is 0 Å². The molecule has 0 bridgehead atoms. The fraction of sp³-hybridized carbons (Fsp3) is 0. The van der Waals surface area contributed by atoms with E-state index < -0.39 is 0 Å². The number of nitrogens with zero attached hydrogens (tertiary/aromatic N) is 3. The van der Waals surface area contributed by atoms with Crippen molar-refractivity contribution in [1.29, 1.82) is 0 Å². The molecule has 0 fully saturated rings. The highest BCUT2D eigenvalue weighted by molar-refractivity contribution is 7.99. The minimum Gasteiger partial charge on any atom is -0.394 e. The summed E-state index contributed by atoms with van der Waals surface area (Å²) in [5.74, 6) is 0. The molecule has 0 aromatic carbocycles. The maximum absolute atomic E-state index is 5.77. The molecule has 0 aliphatic carbocycles. The lowest BCUT2D eigenvalue weighted by atomic mass is 10.5. The highest BCUT2D eigenvalue weighted by Crippen LogP contribution is 2.31. The van der Waals surface area contributed by atoms with E-state index in [0.29, 0.717) is 15.7 Å². The van der Waals surface area contributed by atoms with Gasteiger partial charge in [-0.2, -0.15) is 0 Å². The molecule has 2 rings (SSSR count). The Labute approximate surface area is 106 Å². The van der Waals surface area contributed by atoms with Crippen molar-refractivity contribution in [2.75, 3.05) is 5.73 Å². The number of hydrogen-bond acceptors (Lipinski definition) is 5. The second-order valence-corrected chi connectivity index (χ2v) is 4.60. The lowest BCUT2D eigenvalue weighted by molar-refractivity contribution is 1.04. The van der Waals surface area contributed by atoms with E-state index in [1.54, 1.807) is 18.3 Å². The van der Waals surface area contributed by atoms with Crippen LogP contribution in [0.25, 0.3) is 0 Å². The predicted molar refractivity (Wildman–Crippen MR) is 64.8 cm³/mol. The maximum atomic E-state index is 5.77. The molecule has 0 unspecified atom stereocenters. The molecular weight excluding hydrogens is 267 g/mol. The minimum atomic E-state index is 0.242. The standard InChI is InChI=1S/C9H6Cl2N4S/c10-5-1-2-6(13-3-5)16-9-7(12)8(11)14-4-15-9/h1-4H,12H2. The third kappa shape index (κ3) is 2.55. The first kappa shape index (κ1) is 11.4. The lowest BCUT2D eigenvalue weighted by Crippen LogP contribution is -1.95. The Hall–Kier alpha value is -1.04. The molecule has 2 heterocycles. The van der Waals surface area contributed by atoms with Crippen molar-refractivity contribution >= 4 is 40.7 Å². The number of nitrogen functional groups attached to an aromatic ring is 1. The number of rotatable bonds is 2. The Balaban J connectivity index is 2.27. The lowest BCUT2D eigenvalue weighted by Gasteiger charge is -2.03. The maximum Gasteiger partial charge on any atom is 0.156 e. The van der Waals surface area contributed by atoms with Gasteiger partial charge in [0, 0.05) is 6.20 Å². The summed E-state index contributed by atoms with van der Waals surface area (Å²) in [5.41, 5.74) is 6.08. The van der Waals surface area contributed by atoms with Crippen LogP contribution in [0.15, 0.2) is 34.7 Å². The van der Waals surface area contributed by atoms with Crippen molar-refractivity contribution in [3.8, 4) is 0 Å². The Morgan fingerprint density at radius 3 is 2.62 bits per heavy atom. The molecule has 0 saturated heterocycles. The van der Waals surface area contributed by atoms with Crippen LogP contribution in [-0.4, -0.2) is 15.0 Å². The molecular formula is C9H6Cl2N4S. The Morgan fingerprint density at radius 2 is 1.94 bits per heavy atom. The third-order valence-corrected chi connectivity index (χ3v) is 3.19. The van der Waals surface area contributed by atoms with E-state index >= 15 is 0 Å². The molecule has 0 amide bonds. The van der Waals surface area contributed by atoms with Crippen LogP contribution in [0.5, 0.6) is 0 Å². The number of hydrogen-bond donors (Lipinski definition) is 1. The summed E-state index contributed by atoms with van der Waals surface area (Å²) in [5, 5.41) is 2.14. The first-order valence-electron chi connectivity index (χ1n) is 4.22. The molecule has 0 radical (unpaired) electrons. The van der Waals surface area contributed by atoms with Crippen molar-refractivity contribution in [3.05, 3.63) is 34.8 Å². The van der Waals surface area contributed by atoms with Crippen LogP contribution >= 0.6 is 35.0 Å². The van der Waals surface area contributed by atoms with Crippen molar-refractivity contribution in [1.82, 2.24) is 15.0 Å². The van der Waals surface area contributed by atoms with E-state index in [2.05, 4.69) is 15.0 Å². The van der Waals surface area contributed by atoms with Crippen LogP contribution in [-0.2, 0) is 0 Å². The Bertz CT molecular complexity index is 503. The van der Waals surface area contributed by atoms with Gasteiger partial charge >= 0.3 is 0 Å². The molecule has 4 nitrogen and oxygen atoms in total. The summed E-state index contributed by atoms with van der Waals surface area (Å²) in [7, 11) is 0. The molecule has 0 saturated carbocycles. The van der Waals surface area contributed by atoms with Crippen LogP contribution in [0, 0.1) is 0 Å². The monoisotopic (exact) mass is 272 g/mol. The molecule has 82 valence electrons. The average molecular weight is 273 g/mol. The SMILES string of the molecule is Nc1c(Cl)ncnc1Sc1ccc(Cl)cn1. The zero-order chi connectivity index (χ0) is 11.5. The number of nitrogens with two attached hydrogens (primary N) is 1. The molecule has 0 atom stereocenters. The van der Waals surface area contributed by atoms with Crippen LogP contribution < -0.4 is 5.73 Å². The molecule has 2 aromatic rings. The minimum absolute atomic E-state index is 0.242. The van der Waals surface area contributed by atoms with Gasteiger partial charge in [-0.15, -0.1) is 0 Å². The smallest absolute Gasteiger partial charge is 0.156 e. The van der Waals surface area contributed by atoms with Crippen molar-refractivity contribution in [3.63, 3.8) is 0 Å². The van der Waals surface area contributed by atoms with E-state index in [1.165, 1.54) is 18.1 Å². The Morgan fingerprint density at radius 1 is 1.12 bits per heavy atom. The van der Waals surface area contributed by atoms with Gasteiger partial charge in [0.2, 0.25) is 0 Å². The highest BCUT2D eigenvalue weighted by atomic mass is 35.5. The molecule has 2 aromatic heterocycles. The summed E-state index contributed by atoms with van der Waals surface area (Å²) >= 11 is 12.8. The van der Waals surface area contributed by atoms with Crippen molar-refractivity contribution in [2.45, 2.75) is 10.1 Å². The first-order valence-corrected chi connectivity index (χ1v) is 5.79. The van der Waals surface area contributed by atoms with E-state index in [9.17, 15) is 0 Å². The van der Waals surface area contributed by atoms with Crippen molar-refractivity contribution in [2.24, 2.45) is 0 Å². The van der Waals surface area contributed by atoms with E-state index in [0.717, 1.165) is 5.03 Å². The van der Waals surface area contributed by atoms with Gasteiger partial charge in [0.15, 0.2) is 5.15 Å². The summed E-state index contributed by atoms with van der Waals surface area (Å²) in [6.07, 6.45) is 2.92. The molecule has 2 N–H and O–H groups in total. The number of anilines is 1. The molecule has 0 aliphatic heterocycles. The number of pyridine rings is 1. The average Bonchev–Trinajstić information content (AvgIpc) is 2.28. The summed E-state index contributed by atoms with van der Waals surface area (Å²) in [4.78, 5) is 11.9. The topological polar surface area (TPSA) is 64.7 Å². The van der Waals surface area contributed by atoms with Crippen LogP contribution in [0.3, 0.4) is 0 Å². The molecule has 0 aliphatic rings. The quantitative estimate of drug-likeness (QED) is 0.852.